The van der Waals surface area contributed by atoms with Gasteiger partial charge in [0.2, 0.25) is 0 Å². The Labute approximate surface area is 180 Å². The van der Waals surface area contributed by atoms with Gasteiger partial charge in [-0.05, 0) is 30.3 Å². The van der Waals surface area contributed by atoms with Crippen LogP contribution in [-0.2, 0) is 6.54 Å². The highest BCUT2D eigenvalue weighted by Crippen LogP contribution is 2.20. The molecule has 0 unspecified atom stereocenters. The smallest absolute Gasteiger partial charge is 0.194 e. The van der Waals surface area contributed by atoms with Gasteiger partial charge >= 0.3 is 0 Å². The second kappa shape index (κ2) is 10.2. The SMILES string of the molecule is CN=C(NCc1cc(C#N)ccc1F)N1CCN(c2ccccc2F)CC1.I. The molecule has 0 spiro atoms. The van der Waals surface area contributed by atoms with Gasteiger partial charge in [-0.1, -0.05) is 12.1 Å². The number of hydrogen-bond acceptors (Lipinski definition) is 3. The average molecular weight is 497 g/mol. The van der Waals surface area contributed by atoms with E-state index in [1.54, 1.807) is 19.2 Å². The Hall–Kier alpha value is -2.41. The van der Waals surface area contributed by atoms with Crippen molar-refractivity contribution >= 4 is 35.6 Å². The summed E-state index contributed by atoms with van der Waals surface area (Å²) in [7, 11) is 1.67. The summed E-state index contributed by atoms with van der Waals surface area (Å²) in [6.45, 7) is 2.92. The van der Waals surface area contributed by atoms with Crippen LogP contribution in [0, 0.1) is 23.0 Å². The van der Waals surface area contributed by atoms with E-state index in [-0.39, 0.29) is 42.2 Å². The number of guanidine groups is 1. The highest BCUT2D eigenvalue weighted by molar-refractivity contribution is 14.0. The van der Waals surface area contributed by atoms with Crippen molar-refractivity contribution in [1.82, 2.24) is 10.2 Å². The summed E-state index contributed by atoms with van der Waals surface area (Å²) < 4.78 is 27.9. The molecule has 0 atom stereocenters. The van der Waals surface area contributed by atoms with E-state index in [4.69, 9.17) is 5.26 Å². The van der Waals surface area contributed by atoms with Crippen LogP contribution in [-0.4, -0.2) is 44.1 Å². The molecular weight excluding hydrogens is 475 g/mol. The lowest BCUT2D eigenvalue weighted by molar-refractivity contribution is 0.370. The first-order valence-corrected chi connectivity index (χ1v) is 8.76. The van der Waals surface area contributed by atoms with Crippen molar-refractivity contribution in [2.24, 2.45) is 4.99 Å². The fourth-order valence-electron chi connectivity index (χ4n) is 3.15. The second-order valence-corrected chi connectivity index (χ2v) is 6.24. The molecule has 1 fully saturated rings. The van der Waals surface area contributed by atoms with Gasteiger partial charge in [-0.2, -0.15) is 5.26 Å². The molecule has 1 saturated heterocycles. The number of para-hydroxylation sites is 1. The van der Waals surface area contributed by atoms with Gasteiger partial charge in [0.05, 0.1) is 17.3 Å². The third-order valence-electron chi connectivity index (χ3n) is 4.60. The molecule has 0 radical (unpaired) electrons. The topological polar surface area (TPSA) is 54.7 Å². The van der Waals surface area contributed by atoms with E-state index in [1.165, 1.54) is 24.3 Å². The van der Waals surface area contributed by atoms with Crippen LogP contribution in [0.2, 0.25) is 0 Å². The van der Waals surface area contributed by atoms with Crippen LogP contribution in [0.5, 0.6) is 0 Å². The second-order valence-electron chi connectivity index (χ2n) is 6.24. The van der Waals surface area contributed by atoms with Gasteiger partial charge in [0.1, 0.15) is 11.6 Å². The Morgan fingerprint density at radius 2 is 1.82 bits per heavy atom. The predicted molar refractivity (Wildman–Crippen MR) is 117 cm³/mol. The van der Waals surface area contributed by atoms with Gasteiger partial charge in [-0.25, -0.2) is 8.78 Å². The van der Waals surface area contributed by atoms with Crippen LogP contribution in [0.15, 0.2) is 47.5 Å². The maximum absolute atomic E-state index is 14.0. The quantitative estimate of drug-likeness (QED) is 0.402. The van der Waals surface area contributed by atoms with Crippen molar-refractivity contribution in [1.29, 1.82) is 5.26 Å². The van der Waals surface area contributed by atoms with E-state index in [0.29, 0.717) is 49.0 Å². The molecule has 1 N–H and O–H groups in total. The lowest BCUT2D eigenvalue weighted by Gasteiger charge is -2.37. The monoisotopic (exact) mass is 497 g/mol. The molecule has 0 amide bonds. The number of nitriles is 1. The van der Waals surface area contributed by atoms with Crippen LogP contribution < -0.4 is 10.2 Å². The predicted octanol–water partition coefficient (Wildman–Crippen LogP) is 3.35. The van der Waals surface area contributed by atoms with Crippen molar-refractivity contribution < 1.29 is 8.78 Å². The summed E-state index contributed by atoms with van der Waals surface area (Å²) in [6, 6.07) is 13.1. The van der Waals surface area contributed by atoms with Crippen LogP contribution in [0.4, 0.5) is 14.5 Å². The van der Waals surface area contributed by atoms with Crippen LogP contribution in [0.1, 0.15) is 11.1 Å². The van der Waals surface area contributed by atoms with Gasteiger partial charge in [-0.3, -0.25) is 4.99 Å². The summed E-state index contributed by atoms with van der Waals surface area (Å²) in [6.07, 6.45) is 0. The molecule has 28 heavy (non-hydrogen) atoms. The van der Waals surface area contributed by atoms with E-state index in [1.807, 2.05) is 17.0 Å². The fraction of sp³-hybridized carbons (Fsp3) is 0.300. The summed E-state index contributed by atoms with van der Waals surface area (Å²) in [5.41, 5.74) is 1.44. The molecule has 1 aliphatic rings. The number of piperazine rings is 1. The molecule has 3 rings (SSSR count). The molecule has 5 nitrogen and oxygen atoms in total. The molecule has 0 bridgehead atoms. The Morgan fingerprint density at radius 3 is 2.46 bits per heavy atom. The number of nitrogens with zero attached hydrogens (tertiary/aromatic N) is 4. The van der Waals surface area contributed by atoms with E-state index < -0.39 is 0 Å². The van der Waals surface area contributed by atoms with Crippen LogP contribution in [0.25, 0.3) is 0 Å². The molecule has 2 aromatic rings. The summed E-state index contributed by atoms with van der Waals surface area (Å²) in [5, 5.41) is 12.1. The minimum atomic E-state index is -0.360. The minimum Gasteiger partial charge on any atom is -0.366 e. The summed E-state index contributed by atoms with van der Waals surface area (Å²) >= 11 is 0. The van der Waals surface area contributed by atoms with Crippen LogP contribution in [0.3, 0.4) is 0 Å². The van der Waals surface area contributed by atoms with E-state index in [9.17, 15) is 8.78 Å². The zero-order valence-electron chi connectivity index (χ0n) is 15.5. The van der Waals surface area contributed by atoms with Gasteiger partial charge in [0, 0.05) is 45.3 Å². The number of rotatable bonds is 3. The van der Waals surface area contributed by atoms with Gasteiger partial charge < -0.3 is 15.1 Å². The Morgan fingerprint density at radius 1 is 1.11 bits per heavy atom. The maximum Gasteiger partial charge on any atom is 0.194 e. The molecule has 0 aromatic heterocycles. The van der Waals surface area contributed by atoms with Crippen molar-refractivity contribution in [2.45, 2.75) is 6.54 Å². The molecule has 8 heteroatoms. The third kappa shape index (κ3) is 5.10. The van der Waals surface area contributed by atoms with Crippen molar-refractivity contribution in [3.63, 3.8) is 0 Å². The van der Waals surface area contributed by atoms with E-state index >= 15 is 0 Å². The molecule has 2 aromatic carbocycles. The average Bonchev–Trinajstić information content (AvgIpc) is 2.70. The third-order valence-corrected chi connectivity index (χ3v) is 4.60. The standard InChI is InChI=1S/C20H21F2N5.HI/c1-24-20(25-14-16-12-15(13-23)6-7-17(16)21)27-10-8-26(9-11-27)19-5-3-2-4-18(19)22;/h2-7,12H,8-11,14H2,1H3,(H,24,25);1H. The number of hydrogen-bond donors (Lipinski definition) is 1. The summed E-state index contributed by atoms with van der Waals surface area (Å²) in [5.74, 6) is 0.0765. The largest absolute Gasteiger partial charge is 0.366 e. The van der Waals surface area contributed by atoms with E-state index in [2.05, 4.69) is 15.2 Å². The number of aliphatic imine (C=N–C) groups is 1. The van der Waals surface area contributed by atoms with Gasteiger partial charge in [0.15, 0.2) is 5.96 Å². The zero-order chi connectivity index (χ0) is 19.2. The first-order chi connectivity index (χ1) is 13.1. The number of halogens is 3. The van der Waals surface area contributed by atoms with Crippen molar-refractivity contribution in [3.8, 4) is 6.07 Å². The Kier molecular flexibility index (Phi) is 7.99. The Balaban J connectivity index is 0.00000280. The maximum atomic E-state index is 14.0. The van der Waals surface area contributed by atoms with Crippen LogP contribution >= 0.6 is 24.0 Å². The van der Waals surface area contributed by atoms with Gasteiger partial charge in [0.25, 0.3) is 0 Å². The molecular formula is C20H22F2IN5. The first kappa shape index (κ1) is 21.9. The molecule has 1 aliphatic heterocycles. The Bertz CT molecular complexity index is 873. The van der Waals surface area contributed by atoms with Crippen molar-refractivity contribution in [3.05, 3.63) is 65.2 Å². The normalized spacial score (nSPS) is 14.3. The molecule has 148 valence electrons. The minimum absolute atomic E-state index is 0. The first-order valence-electron chi connectivity index (χ1n) is 8.76. The number of anilines is 1. The lowest BCUT2D eigenvalue weighted by atomic mass is 10.1. The highest BCUT2D eigenvalue weighted by Gasteiger charge is 2.21. The lowest BCUT2D eigenvalue weighted by Crippen LogP contribution is -2.52. The zero-order valence-corrected chi connectivity index (χ0v) is 17.9. The molecule has 0 aliphatic carbocycles. The van der Waals surface area contributed by atoms with E-state index in [0.717, 1.165) is 0 Å². The molecule has 1 heterocycles. The summed E-state index contributed by atoms with van der Waals surface area (Å²) in [4.78, 5) is 8.33. The van der Waals surface area contributed by atoms with Gasteiger partial charge in [-0.15, -0.1) is 24.0 Å². The fourth-order valence-corrected chi connectivity index (χ4v) is 3.15. The highest BCUT2D eigenvalue weighted by atomic mass is 127. The number of nitrogens with one attached hydrogen (secondary N) is 1. The van der Waals surface area contributed by atoms with Crippen molar-refractivity contribution in [2.75, 3.05) is 38.1 Å². The molecule has 0 saturated carbocycles. The number of benzene rings is 2.